The summed E-state index contributed by atoms with van der Waals surface area (Å²) in [5.41, 5.74) is 1.34. The predicted molar refractivity (Wildman–Crippen MR) is 93.4 cm³/mol. The van der Waals surface area contributed by atoms with Crippen LogP contribution in [0, 0.1) is 17.1 Å². The van der Waals surface area contributed by atoms with Gasteiger partial charge in [0.05, 0.1) is 16.3 Å². The second-order valence-corrected chi connectivity index (χ2v) is 6.51. The molecule has 3 nitrogen and oxygen atoms in total. The van der Waals surface area contributed by atoms with Crippen molar-refractivity contribution < 1.29 is 9.18 Å². The van der Waals surface area contributed by atoms with Crippen molar-refractivity contribution in [1.29, 1.82) is 5.26 Å². The standard InChI is InChI=1S/C18H10ClFN2OS/c19-12-4-8-17-15(9-12)22-18(24-17)14(10-21)16(23)7-3-11-1-5-13(20)6-2-11/h1-9,14H/b7-3+. The van der Waals surface area contributed by atoms with Gasteiger partial charge in [0, 0.05) is 5.02 Å². The number of carbonyl (C=O) groups is 1. The first-order chi connectivity index (χ1) is 11.6. The Balaban J connectivity index is 1.85. The summed E-state index contributed by atoms with van der Waals surface area (Å²) in [4.78, 5) is 16.7. The van der Waals surface area contributed by atoms with Gasteiger partial charge in [-0.05, 0) is 42.0 Å². The number of thiazole rings is 1. The molecule has 2 aromatic carbocycles. The lowest BCUT2D eigenvalue weighted by Crippen LogP contribution is -2.07. The average Bonchev–Trinajstić information content (AvgIpc) is 2.97. The summed E-state index contributed by atoms with van der Waals surface area (Å²) >= 11 is 7.22. The van der Waals surface area contributed by atoms with Gasteiger partial charge in [-0.2, -0.15) is 5.26 Å². The molecule has 0 saturated heterocycles. The topological polar surface area (TPSA) is 53.8 Å². The van der Waals surface area contributed by atoms with E-state index in [-0.39, 0.29) is 11.6 Å². The highest BCUT2D eigenvalue weighted by atomic mass is 35.5. The van der Waals surface area contributed by atoms with Crippen molar-refractivity contribution in [1.82, 2.24) is 4.98 Å². The Morgan fingerprint density at radius 1 is 1.29 bits per heavy atom. The molecule has 3 aromatic rings. The zero-order valence-electron chi connectivity index (χ0n) is 12.2. The number of allylic oxidation sites excluding steroid dienone is 1. The van der Waals surface area contributed by atoms with Crippen molar-refractivity contribution in [3.63, 3.8) is 0 Å². The summed E-state index contributed by atoms with van der Waals surface area (Å²) in [6.45, 7) is 0. The Hall–Kier alpha value is -2.55. The van der Waals surface area contributed by atoms with Crippen molar-refractivity contribution in [3.8, 4) is 6.07 Å². The molecule has 0 fully saturated rings. The quantitative estimate of drug-likeness (QED) is 0.619. The zero-order valence-corrected chi connectivity index (χ0v) is 13.8. The normalized spacial score (nSPS) is 12.4. The van der Waals surface area contributed by atoms with Crippen molar-refractivity contribution in [2.45, 2.75) is 5.92 Å². The number of aromatic nitrogens is 1. The van der Waals surface area contributed by atoms with Gasteiger partial charge in [0.2, 0.25) is 0 Å². The van der Waals surface area contributed by atoms with Crippen molar-refractivity contribution in [2.75, 3.05) is 0 Å². The highest BCUT2D eigenvalue weighted by molar-refractivity contribution is 7.18. The lowest BCUT2D eigenvalue weighted by atomic mass is 10.1. The maximum Gasteiger partial charge on any atom is 0.179 e. The minimum Gasteiger partial charge on any atom is -0.293 e. The number of hydrogen-bond acceptors (Lipinski definition) is 4. The van der Waals surface area contributed by atoms with Crippen LogP contribution >= 0.6 is 22.9 Å². The molecule has 1 atom stereocenters. The lowest BCUT2D eigenvalue weighted by molar-refractivity contribution is -0.114. The molecule has 0 aliphatic heterocycles. The fourth-order valence-corrected chi connectivity index (χ4v) is 3.30. The van der Waals surface area contributed by atoms with Gasteiger partial charge in [0.25, 0.3) is 0 Å². The lowest BCUT2D eigenvalue weighted by Gasteiger charge is -2.00. The van der Waals surface area contributed by atoms with E-state index in [4.69, 9.17) is 11.6 Å². The number of fused-ring (bicyclic) bond motifs is 1. The molecule has 0 amide bonds. The van der Waals surface area contributed by atoms with Crippen LogP contribution in [0.15, 0.2) is 48.5 Å². The molecular weight excluding hydrogens is 347 g/mol. The minimum absolute atomic E-state index is 0.346. The molecule has 0 N–H and O–H groups in total. The molecule has 6 heteroatoms. The smallest absolute Gasteiger partial charge is 0.179 e. The van der Waals surface area contributed by atoms with Crippen molar-refractivity contribution in [2.24, 2.45) is 0 Å². The first kappa shape index (κ1) is 16.3. The van der Waals surface area contributed by atoms with Gasteiger partial charge in [-0.25, -0.2) is 9.37 Å². The Morgan fingerprint density at radius 2 is 2.04 bits per heavy atom. The monoisotopic (exact) mass is 356 g/mol. The van der Waals surface area contributed by atoms with Crippen LogP contribution in [-0.2, 0) is 4.79 Å². The Labute approximate surface area is 146 Å². The molecule has 0 aliphatic carbocycles. The highest BCUT2D eigenvalue weighted by Gasteiger charge is 2.22. The number of hydrogen-bond donors (Lipinski definition) is 0. The third-order valence-electron chi connectivity index (χ3n) is 3.34. The van der Waals surface area contributed by atoms with Gasteiger partial charge in [-0.3, -0.25) is 4.79 Å². The summed E-state index contributed by atoms with van der Waals surface area (Å²) in [5, 5.41) is 10.3. The molecule has 1 aromatic heterocycles. The Kier molecular flexibility index (Phi) is 4.70. The van der Waals surface area contributed by atoms with Crippen LogP contribution in [0.2, 0.25) is 5.02 Å². The van der Waals surface area contributed by atoms with E-state index in [1.165, 1.54) is 29.5 Å². The largest absolute Gasteiger partial charge is 0.293 e. The maximum atomic E-state index is 12.9. The predicted octanol–water partition coefficient (Wildman–Crippen LogP) is 4.98. The van der Waals surface area contributed by atoms with Crippen molar-refractivity contribution in [3.05, 3.63) is 70.0 Å². The third-order valence-corrected chi connectivity index (χ3v) is 4.67. The van der Waals surface area contributed by atoms with E-state index < -0.39 is 5.92 Å². The molecule has 1 unspecified atom stereocenters. The molecule has 0 aliphatic rings. The summed E-state index contributed by atoms with van der Waals surface area (Å²) in [5.74, 6) is -1.69. The van der Waals surface area contributed by atoms with Gasteiger partial charge in [-0.15, -0.1) is 11.3 Å². The average molecular weight is 357 g/mol. The number of nitrogens with zero attached hydrogens (tertiary/aromatic N) is 2. The number of halogens is 2. The van der Waals surface area contributed by atoms with Gasteiger partial charge >= 0.3 is 0 Å². The fourth-order valence-electron chi connectivity index (χ4n) is 2.13. The fraction of sp³-hybridized carbons (Fsp3) is 0.0556. The number of carbonyl (C=O) groups excluding carboxylic acids is 1. The molecule has 0 saturated carbocycles. The first-order valence-electron chi connectivity index (χ1n) is 7.00. The van der Waals surface area contributed by atoms with E-state index in [2.05, 4.69) is 4.98 Å². The van der Waals surface area contributed by atoms with E-state index in [9.17, 15) is 14.4 Å². The van der Waals surface area contributed by atoms with E-state index >= 15 is 0 Å². The van der Waals surface area contributed by atoms with Gasteiger partial charge in [-0.1, -0.05) is 29.8 Å². The van der Waals surface area contributed by atoms with E-state index in [0.717, 1.165) is 4.70 Å². The third kappa shape index (κ3) is 3.51. The molecule has 0 bridgehead atoms. The van der Waals surface area contributed by atoms with Crippen molar-refractivity contribution >= 4 is 45.0 Å². The van der Waals surface area contributed by atoms with Crippen LogP contribution in [-0.4, -0.2) is 10.8 Å². The summed E-state index contributed by atoms with van der Waals surface area (Å²) in [6.07, 6.45) is 2.87. The number of benzene rings is 2. The van der Waals surface area contributed by atoms with Gasteiger partial charge in [0.15, 0.2) is 11.7 Å². The van der Waals surface area contributed by atoms with Crippen LogP contribution in [0.5, 0.6) is 0 Å². The van der Waals surface area contributed by atoms with Crippen LogP contribution in [0.4, 0.5) is 4.39 Å². The Bertz CT molecular complexity index is 973. The van der Waals surface area contributed by atoms with Crippen LogP contribution in [0.3, 0.4) is 0 Å². The molecule has 0 radical (unpaired) electrons. The molecular formula is C18H10ClFN2OS. The van der Waals surface area contributed by atoms with Crippen LogP contribution in [0.1, 0.15) is 16.5 Å². The van der Waals surface area contributed by atoms with Crippen LogP contribution in [0.25, 0.3) is 16.3 Å². The summed E-state index contributed by atoms with van der Waals surface area (Å²) in [7, 11) is 0. The SMILES string of the molecule is N#CC(C(=O)/C=C/c1ccc(F)cc1)c1nc2cc(Cl)ccc2s1. The molecule has 1 heterocycles. The van der Waals surface area contributed by atoms with E-state index in [0.29, 0.717) is 21.1 Å². The number of ketones is 1. The Morgan fingerprint density at radius 3 is 2.75 bits per heavy atom. The first-order valence-corrected chi connectivity index (χ1v) is 8.19. The maximum absolute atomic E-state index is 12.9. The molecule has 118 valence electrons. The van der Waals surface area contributed by atoms with Gasteiger partial charge < -0.3 is 0 Å². The zero-order chi connectivity index (χ0) is 17.1. The van der Waals surface area contributed by atoms with Crippen LogP contribution < -0.4 is 0 Å². The second-order valence-electron chi connectivity index (χ2n) is 5.01. The summed E-state index contributed by atoms with van der Waals surface area (Å²) in [6, 6.07) is 13.0. The second kappa shape index (κ2) is 6.91. The van der Waals surface area contributed by atoms with E-state index in [1.807, 2.05) is 12.1 Å². The number of rotatable bonds is 4. The number of nitriles is 1. The molecule has 0 spiro atoms. The highest BCUT2D eigenvalue weighted by Crippen LogP contribution is 2.30. The van der Waals surface area contributed by atoms with E-state index in [1.54, 1.807) is 30.3 Å². The molecule has 24 heavy (non-hydrogen) atoms. The molecule has 3 rings (SSSR count). The summed E-state index contributed by atoms with van der Waals surface area (Å²) < 4.78 is 13.7. The van der Waals surface area contributed by atoms with Gasteiger partial charge in [0.1, 0.15) is 10.8 Å². The minimum atomic E-state index is -0.974.